The van der Waals surface area contributed by atoms with Crippen molar-refractivity contribution in [2.24, 2.45) is 20.0 Å². The predicted octanol–water partition coefficient (Wildman–Crippen LogP) is 22.9. The number of nitrogens with zero attached hydrogens (tertiary/aromatic N) is 8. The molecule has 8 aliphatic heterocycles. The van der Waals surface area contributed by atoms with Gasteiger partial charge in [-0.2, -0.15) is 0 Å². The van der Waals surface area contributed by atoms with Crippen LogP contribution in [-0.2, 0) is 25.7 Å². The fraction of sp³-hybridized carbons (Fsp3) is 0.143. The number of amides is 8. The third-order valence-electron chi connectivity index (χ3n) is 20.5. The third-order valence-corrected chi connectivity index (χ3v) is 24.9. The fourth-order valence-corrected chi connectivity index (χ4v) is 18.5. The Hall–Kier alpha value is -10.8. The summed E-state index contributed by atoms with van der Waals surface area (Å²) < 4.78 is 62.5. The molecule has 8 amide bonds. The molecule has 4 aromatic heterocycles. The van der Waals surface area contributed by atoms with Crippen LogP contribution in [-0.4, -0.2) is 75.2 Å². The summed E-state index contributed by atoms with van der Waals surface area (Å²) in [5.41, 5.74) is 19.3. The van der Waals surface area contributed by atoms with E-state index in [4.69, 9.17) is 46.4 Å². The van der Waals surface area contributed by atoms with E-state index in [1.54, 1.807) is 57.8 Å². The third kappa shape index (κ3) is 14.9. The Morgan fingerprint density at radius 3 is 1.08 bits per heavy atom. The van der Waals surface area contributed by atoms with Crippen LogP contribution < -0.4 is 40.9 Å². The van der Waals surface area contributed by atoms with Gasteiger partial charge in [0.1, 0.15) is 23.3 Å². The maximum absolute atomic E-state index is 15.0. The number of urea groups is 4. The van der Waals surface area contributed by atoms with E-state index in [0.29, 0.717) is 66.3 Å². The Balaban J connectivity index is 0.000000108. The normalized spacial score (nSPS) is 17.9. The number of fused-ring (bicyclic) bond motifs is 4. The smallest absolute Gasteiger partial charge is 0.322 e. The van der Waals surface area contributed by atoms with E-state index in [-0.39, 0.29) is 53.9 Å². The maximum Gasteiger partial charge on any atom is 0.322 e. The van der Waals surface area contributed by atoms with E-state index in [2.05, 4.69) is 76.9 Å². The van der Waals surface area contributed by atoms with Crippen LogP contribution in [0.3, 0.4) is 0 Å². The molecule has 560 valence electrons. The van der Waals surface area contributed by atoms with Gasteiger partial charge in [0.2, 0.25) is 0 Å². The minimum absolute atomic E-state index is 0.0407. The highest BCUT2D eigenvalue weighted by Gasteiger charge is 2.40. The van der Waals surface area contributed by atoms with E-state index in [1.807, 2.05) is 113 Å². The summed E-state index contributed by atoms with van der Waals surface area (Å²) in [6.07, 6.45) is 10.6. The van der Waals surface area contributed by atoms with Gasteiger partial charge in [0.05, 0.1) is 64.3 Å². The molecule has 12 heterocycles. The molecule has 8 aliphatic rings. The zero-order valence-corrected chi connectivity index (χ0v) is 64.9. The number of halogens is 8. The Bertz CT molecular complexity index is 5880. The van der Waals surface area contributed by atoms with Crippen molar-refractivity contribution in [3.8, 4) is 44.5 Å². The molecule has 8 aromatic carbocycles. The van der Waals surface area contributed by atoms with Gasteiger partial charge < -0.3 is 21.3 Å². The number of carbonyl (C=O) groups is 4. The highest BCUT2D eigenvalue weighted by Crippen LogP contribution is 2.45. The summed E-state index contributed by atoms with van der Waals surface area (Å²) in [6, 6.07) is 49.0. The van der Waals surface area contributed by atoms with Gasteiger partial charge in [-0.1, -0.05) is 119 Å². The van der Waals surface area contributed by atoms with E-state index >= 15 is 13.2 Å². The summed E-state index contributed by atoms with van der Waals surface area (Å²) in [5.74, 6) is -2.07. The lowest BCUT2D eigenvalue weighted by Gasteiger charge is -2.25. The van der Waals surface area contributed by atoms with Crippen molar-refractivity contribution >= 4 is 186 Å². The molecule has 4 N–H and O–H groups in total. The lowest BCUT2D eigenvalue weighted by atomic mass is 9.99. The van der Waals surface area contributed by atoms with Gasteiger partial charge in [0.25, 0.3) is 0 Å². The zero-order chi connectivity index (χ0) is 77.0. The standard InChI is InChI=1S/C21H14ClF2N3OS.2C21H15ClFN3OS.C21H16ClN3OS/c22-19-7-13(10-29-19)12-5-15(23)20(16(24)6-12)18-9-26-21(28)27(18)14-2-1-11-3-4-25-17(11)8-14;22-20-8-14(11-28-20)16-4-2-13(7-17(16)23)19-10-25-21(27)26(19)15-3-1-12-5-6-24-18(12)9-15;22-20-8-14(11-28-20)13-2-4-16(17(23)7-13)19-10-25-21(27)26(19)15-3-1-12-5-6-24-18(12)9-15;22-20-9-16(12-27-20)13-1-3-15(4-2-13)19-11-24-21(26)25(19)17-6-5-14-7-8-23-18(14)10-17/h1-2,4-8,10,18H,3,9H2,(H,26,28);2*1-4,6-9,11,19H,5,10H2,(H,25,27);1-6,8-10,12,19H,7,11H2,(H,24,26). The second-order valence-corrected chi connectivity index (χ2v) is 33.3. The quantitative estimate of drug-likeness (QED) is 0.0890. The van der Waals surface area contributed by atoms with Gasteiger partial charge >= 0.3 is 24.1 Å². The van der Waals surface area contributed by atoms with Gasteiger partial charge in [-0.25, -0.2) is 36.7 Å². The van der Waals surface area contributed by atoms with Crippen molar-refractivity contribution in [2.75, 3.05) is 45.8 Å². The molecule has 20 rings (SSSR count). The SMILES string of the molecule is O=C1NCC(c2c(F)cc(-c3csc(Cl)c3)cc2F)N1c1ccc2c(c1)N=CC2.O=C1NCC(c2ccc(-c3csc(Cl)c3)c(F)c2)N1c1ccc2c(c1)N=CC2.O=C1NCC(c2ccc(-c3csc(Cl)c3)cc2)N1c1ccc2c(c1)N=CC2.O=C1NCC(c2ccc(-c3csc(Cl)c3)cc2F)N1c1ccc2c(c1)N=CC2. The second kappa shape index (κ2) is 31.4. The van der Waals surface area contributed by atoms with Gasteiger partial charge in [-0.15, -0.1) is 45.3 Å². The van der Waals surface area contributed by atoms with Gasteiger partial charge in [-0.3, -0.25) is 39.6 Å². The van der Waals surface area contributed by atoms with Crippen LogP contribution in [0.25, 0.3) is 44.5 Å². The first kappa shape index (κ1) is 74.0. The minimum atomic E-state index is -0.800. The topological polar surface area (TPSA) is 179 Å². The van der Waals surface area contributed by atoms with Crippen molar-refractivity contribution in [1.82, 2.24) is 21.3 Å². The molecule has 0 saturated carbocycles. The maximum atomic E-state index is 15.0. The average molecular weight is 1650 g/mol. The van der Waals surface area contributed by atoms with Crippen LogP contribution in [0.4, 0.5) is 82.2 Å². The van der Waals surface area contributed by atoms with Crippen molar-refractivity contribution in [2.45, 2.75) is 49.9 Å². The molecule has 0 aliphatic carbocycles. The van der Waals surface area contributed by atoms with E-state index < -0.39 is 29.7 Å². The Kier molecular flexibility index (Phi) is 20.7. The highest BCUT2D eigenvalue weighted by atomic mass is 35.5. The number of hydrogen-bond acceptors (Lipinski definition) is 12. The van der Waals surface area contributed by atoms with Gasteiger partial charge in [-0.05, 0) is 169 Å². The first-order chi connectivity index (χ1) is 54.4. The summed E-state index contributed by atoms with van der Waals surface area (Å²) in [4.78, 5) is 73.9. The van der Waals surface area contributed by atoms with Gasteiger partial charge in [0, 0.05) is 138 Å². The van der Waals surface area contributed by atoms with Crippen LogP contribution in [0.15, 0.2) is 211 Å². The van der Waals surface area contributed by atoms with Crippen LogP contribution in [0.2, 0.25) is 17.3 Å². The number of aliphatic imine (C=N–C) groups is 4. The minimum Gasteiger partial charge on any atom is -0.335 e. The van der Waals surface area contributed by atoms with E-state index in [1.165, 1.54) is 80.1 Å². The number of thiophene rings is 4. The molecule has 0 radical (unpaired) electrons. The monoisotopic (exact) mass is 1640 g/mol. The molecule has 16 nitrogen and oxygen atoms in total. The predicted molar refractivity (Wildman–Crippen MR) is 447 cm³/mol. The Morgan fingerprint density at radius 2 is 0.670 bits per heavy atom. The first-order valence-corrected chi connectivity index (χ1v) is 40.5. The molecule has 112 heavy (non-hydrogen) atoms. The van der Waals surface area contributed by atoms with Crippen LogP contribution >= 0.6 is 91.8 Å². The lowest BCUT2D eigenvalue weighted by Crippen LogP contribution is -2.30. The number of anilines is 4. The van der Waals surface area contributed by atoms with Crippen LogP contribution in [0.5, 0.6) is 0 Å². The number of benzene rings is 8. The molecule has 28 heteroatoms. The number of carbonyl (C=O) groups excluding carboxylic acids is 4. The summed E-state index contributed by atoms with van der Waals surface area (Å²) in [7, 11) is 0. The molecule has 4 saturated heterocycles. The summed E-state index contributed by atoms with van der Waals surface area (Å²) >= 11 is 29.5. The number of hydrogen-bond donors (Lipinski definition) is 4. The molecule has 0 bridgehead atoms. The molecule has 4 unspecified atom stereocenters. The molecular formula is C84H60Cl4F4N12O4S4. The van der Waals surface area contributed by atoms with Crippen molar-refractivity contribution < 1.29 is 36.7 Å². The number of rotatable bonds is 12. The Labute approximate surface area is 675 Å². The zero-order valence-electron chi connectivity index (χ0n) is 58.6. The number of nitrogens with one attached hydrogen (secondary N) is 4. The molecular weight excluding hydrogens is 1590 g/mol. The molecule has 12 aromatic rings. The van der Waals surface area contributed by atoms with Crippen molar-refractivity contribution in [3.63, 3.8) is 0 Å². The Morgan fingerprint density at radius 1 is 0.321 bits per heavy atom. The van der Waals surface area contributed by atoms with Gasteiger partial charge in [0.15, 0.2) is 0 Å². The van der Waals surface area contributed by atoms with Crippen molar-refractivity contribution in [1.29, 1.82) is 0 Å². The highest BCUT2D eigenvalue weighted by molar-refractivity contribution is 7.15. The largest absolute Gasteiger partial charge is 0.335 e. The summed E-state index contributed by atoms with van der Waals surface area (Å²) in [5, 5.41) is 18.9. The average Bonchev–Trinajstić information content (AvgIpc) is 1.59. The van der Waals surface area contributed by atoms with E-state index in [0.717, 1.165) is 120 Å². The summed E-state index contributed by atoms with van der Waals surface area (Å²) in [6.45, 7) is 1.46. The fourth-order valence-electron chi connectivity index (χ4n) is 14.9. The second-order valence-electron chi connectivity index (χ2n) is 27.1. The van der Waals surface area contributed by atoms with Crippen molar-refractivity contribution in [3.05, 3.63) is 277 Å². The lowest BCUT2D eigenvalue weighted by molar-refractivity contribution is 0.251. The van der Waals surface area contributed by atoms with Crippen LogP contribution in [0.1, 0.15) is 68.7 Å². The molecule has 0 spiro atoms. The molecule has 4 fully saturated rings. The first-order valence-electron chi connectivity index (χ1n) is 35.5. The van der Waals surface area contributed by atoms with Crippen LogP contribution in [0, 0.1) is 23.3 Å². The van der Waals surface area contributed by atoms with E-state index in [9.17, 15) is 23.6 Å². The molecule has 4 atom stereocenters.